The Labute approximate surface area is 238 Å². The number of hydrogen-bond donors (Lipinski definition) is 3. The standard InChI is InChI=1S/C31H31N7O3/c1-20-4-7-24(18-27(20)36-30-33-12-10-26(35-30)23-3-2-11-32-19-23)34-29(39)22-5-8-25-21(17-22)6-9-28(25)37-13-15-38(16-14-37)31(40)41/h2-5,7-8,10-12,17-19,28H,6,9,13-16H2,1H3,(H,34,39)(H,40,41)(H,33,35,36). The maximum absolute atomic E-state index is 13.2. The minimum Gasteiger partial charge on any atom is -0.465 e. The number of fused-ring (bicyclic) bond motifs is 1. The van der Waals surface area contributed by atoms with Gasteiger partial charge in [-0.1, -0.05) is 12.1 Å². The number of hydrogen-bond acceptors (Lipinski definition) is 7. The maximum atomic E-state index is 13.2. The molecule has 1 saturated heterocycles. The summed E-state index contributed by atoms with van der Waals surface area (Å²) in [5.41, 5.74) is 7.15. The van der Waals surface area contributed by atoms with E-state index in [1.54, 1.807) is 18.6 Å². The van der Waals surface area contributed by atoms with Crippen LogP contribution >= 0.6 is 0 Å². The van der Waals surface area contributed by atoms with Crippen molar-refractivity contribution in [1.29, 1.82) is 0 Å². The molecule has 1 fully saturated rings. The number of piperazine rings is 1. The predicted octanol–water partition coefficient (Wildman–Crippen LogP) is 5.13. The highest BCUT2D eigenvalue weighted by Crippen LogP contribution is 2.37. The van der Waals surface area contributed by atoms with Gasteiger partial charge in [-0.25, -0.2) is 14.8 Å². The van der Waals surface area contributed by atoms with Crippen LogP contribution in [0.25, 0.3) is 11.3 Å². The third kappa shape index (κ3) is 5.73. The van der Waals surface area contributed by atoms with Gasteiger partial charge < -0.3 is 20.6 Å². The highest BCUT2D eigenvalue weighted by molar-refractivity contribution is 6.04. The molecule has 1 aliphatic carbocycles. The largest absolute Gasteiger partial charge is 0.465 e. The van der Waals surface area contributed by atoms with Crippen molar-refractivity contribution >= 4 is 29.3 Å². The van der Waals surface area contributed by atoms with Crippen LogP contribution in [0.5, 0.6) is 0 Å². The molecular formula is C31H31N7O3. The smallest absolute Gasteiger partial charge is 0.407 e. The van der Waals surface area contributed by atoms with Gasteiger partial charge in [0.05, 0.1) is 5.69 Å². The molecule has 2 amide bonds. The number of carboxylic acid groups (broad SMARTS) is 1. The normalized spacial score (nSPS) is 16.7. The molecule has 1 aliphatic heterocycles. The average Bonchev–Trinajstić information content (AvgIpc) is 3.43. The zero-order valence-corrected chi connectivity index (χ0v) is 22.7. The van der Waals surface area contributed by atoms with Gasteiger partial charge >= 0.3 is 6.09 Å². The number of carbonyl (C=O) groups excluding carboxylic acids is 1. The molecule has 3 N–H and O–H groups in total. The Hall–Kier alpha value is -4.83. The van der Waals surface area contributed by atoms with E-state index in [4.69, 9.17) is 0 Å². The summed E-state index contributed by atoms with van der Waals surface area (Å²) < 4.78 is 0. The minimum atomic E-state index is -0.855. The molecule has 2 aromatic heterocycles. The van der Waals surface area contributed by atoms with Crippen molar-refractivity contribution in [1.82, 2.24) is 24.8 Å². The molecule has 0 saturated carbocycles. The SMILES string of the molecule is Cc1ccc(NC(=O)c2ccc3c(c2)CCC3N2CCN(C(=O)O)CC2)cc1Nc1nccc(-c2cccnc2)n1. The van der Waals surface area contributed by atoms with Crippen molar-refractivity contribution in [3.63, 3.8) is 0 Å². The lowest BCUT2D eigenvalue weighted by molar-refractivity contribution is 0.0849. The van der Waals surface area contributed by atoms with Crippen molar-refractivity contribution < 1.29 is 14.7 Å². The Balaban J connectivity index is 1.13. The first-order chi connectivity index (χ1) is 19.9. The van der Waals surface area contributed by atoms with Crippen LogP contribution in [-0.4, -0.2) is 68.0 Å². The summed E-state index contributed by atoms with van der Waals surface area (Å²) in [5, 5.41) is 15.5. The molecule has 1 atom stereocenters. The van der Waals surface area contributed by atoms with Gasteiger partial charge in [0.2, 0.25) is 5.95 Å². The second-order valence-corrected chi connectivity index (χ2v) is 10.4. The quantitative estimate of drug-likeness (QED) is 0.303. The van der Waals surface area contributed by atoms with Crippen molar-refractivity contribution in [3.8, 4) is 11.3 Å². The summed E-state index contributed by atoms with van der Waals surface area (Å²) in [6, 6.07) is 17.5. The maximum Gasteiger partial charge on any atom is 0.407 e. The highest BCUT2D eigenvalue weighted by Gasteiger charge is 2.31. The monoisotopic (exact) mass is 549 g/mol. The zero-order valence-electron chi connectivity index (χ0n) is 22.7. The Morgan fingerprint density at radius 1 is 1.00 bits per heavy atom. The summed E-state index contributed by atoms with van der Waals surface area (Å²) >= 11 is 0. The lowest BCUT2D eigenvalue weighted by atomic mass is 10.0. The molecule has 4 aromatic rings. The van der Waals surface area contributed by atoms with Crippen molar-refractivity contribution in [2.24, 2.45) is 0 Å². The first kappa shape index (κ1) is 26.4. The summed E-state index contributed by atoms with van der Waals surface area (Å²) in [4.78, 5) is 41.4. The topological polar surface area (TPSA) is 124 Å². The minimum absolute atomic E-state index is 0.170. The number of benzene rings is 2. The lowest BCUT2D eigenvalue weighted by Gasteiger charge is -2.37. The summed E-state index contributed by atoms with van der Waals surface area (Å²) in [7, 11) is 0. The van der Waals surface area contributed by atoms with Gasteiger partial charge in [0.1, 0.15) is 0 Å². The average molecular weight is 550 g/mol. The molecule has 0 bridgehead atoms. The van der Waals surface area contributed by atoms with E-state index in [9.17, 15) is 14.7 Å². The first-order valence-corrected chi connectivity index (χ1v) is 13.7. The molecule has 41 heavy (non-hydrogen) atoms. The summed E-state index contributed by atoms with van der Waals surface area (Å²) in [5.74, 6) is 0.284. The molecule has 10 nitrogen and oxygen atoms in total. The molecule has 1 unspecified atom stereocenters. The molecule has 0 spiro atoms. The molecule has 2 aliphatic rings. The number of pyridine rings is 1. The molecule has 0 radical (unpaired) electrons. The number of nitrogens with one attached hydrogen (secondary N) is 2. The fourth-order valence-electron chi connectivity index (χ4n) is 5.59. The summed E-state index contributed by atoms with van der Waals surface area (Å²) in [6.07, 6.45) is 6.20. The van der Waals surface area contributed by atoms with Crippen molar-refractivity contribution in [2.75, 3.05) is 36.8 Å². The van der Waals surface area contributed by atoms with Gasteiger partial charge in [-0.15, -0.1) is 0 Å². The lowest BCUT2D eigenvalue weighted by Crippen LogP contribution is -2.49. The third-order valence-electron chi connectivity index (χ3n) is 7.83. The highest BCUT2D eigenvalue weighted by atomic mass is 16.4. The molecule has 2 aromatic carbocycles. The number of aromatic nitrogens is 3. The predicted molar refractivity (Wildman–Crippen MR) is 156 cm³/mol. The number of anilines is 3. The van der Waals surface area contributed by atoms with Crippen molar-refractivity contribution in [2.45, 2.75) is 25.8 Å². The molecule has 3 heterocycles. The van der Waals surface area contributed by atoms with E-state index in [1.165, 1.54) is 16.0 Å². The van der Waals surface area contributed by atoms with E-state index in [2.05, 4.69) is 36.6 Å². The number of amides is 2. The van der Waals surface area contributed by atoms with E-state index < -0.39 is 6.09 Å². The van der Waals surface area contributed by atoms with Crippen LogP contribution in [0.4, 0.5) is 22.1 Å². The summed E-state index contributed by atoms with van der Waals surface area (Å²) in [6.45, 7) is 4.48. The molecule has 208 valence electrons. The number of rotatable bonds is 6. The van der Waals surface area contributed by atoms with Crippen LogP contribution < -0.4 is 10.6 Å². The Bertz CT molecular complexity index is 1590. The van der Waals surface area contributed by atoms with E-state index in [1.807, 2.05) is 55.5 Å². The number of carbonyl (C=O) groups is 2. The van der Waals surface area contributed by atoms with Crippen LogP contribution in [-0.2, 0) is 6.42 Å². The first-order valence-electron chi connectivity index (χ1n) is 13.7. The number of nitrogens with zero attached hydrogens (tertiary/aromatic N) is 5. The van der Waals surface area contributed by atoms with Gasteiger partial charge in [0.25, 0.3) is 5.91 Å². The van der Waals surface area contributed by atoms with E-state index in [0.717, 1.165) is 48.4 Å². The Morgan fingerprint density at radius 3 is 2.63 bits per heavy atom. The number of aryl methyl sites for hydroxylation is 2. The zero-order chi connectivity index (χ0) is 28.3. The fourth-order valence-corrected chi connectivity index (χ4v) is 5.59. The second-order valence-electron chi connectivity index (χ2n) is 10.4. The van der Waals surface area contributed by atoms with E-state index in [-0.39, 0.29) is 11.9 Å². The Morgan fingerprint density at radius 2 is 1.85 bits per heavy atom. The van der Waals surface area contributed by atoms with Gasteiger partial charge in [-0.05, 0) is 78.9 Å². The van der Waals surface area contributed by atoms with Gasteiger partial charge in [-0.3, -0.25) is 14.7 Å². The Kier molecular flexibility index (Phi) is 7.30. The molecule has 10 heteroatoms. The van der Waals surface area contributed by atoms with Crippen LogP contribution in [0.15, 0.2) is 73.2 Å². The van der Waals surface area contributed by atoms with E-state index in [0.29, 0.717) is 30.3 Å². The van der Waals surface area contributed by atoms with Gasteiger partial charge in [0, 0.05) is 73.3 Å². The molecule has 6 rings (SSSR count). The van der Waals surface area contributed by atoms with Gasteiger partial charge in [-0.2, -0.15) is 0 Å². The van der Waals surface area contributed by atoms with Crippen LogP contribution in [0.3, 0.4) is 0 Å². The van der Waals surface area contributed by atoms with Crippen LogP contribution in [0.1, 0.15) is 39.5 Å². The fraction of sp³-hybridized carbons (Fsp3) is 0.258. The van der Waals surface area contributed by atoms with Crippen LogP contribution in [0.2, 0.25) is 0 Å². The second kappa shape index (κ2) is 11.3. The van der Waals surface area contributed by atoms with Gasteiger partial charge in [0.15, 0.2) is 0 Å². The van der Waals surface area contributed by atoms with Crippen LogP contribution in [0, 0.1) is 6.92 Å². The van der Waals surface area contributed by atoms with E-state index >= 15 is 0 Å². The third-order valence-corrected chi connectivity index (χ3v) is 7.83. The van der Waals surface area contributed by atoms with Crippen molar-refractivity contribution in [3.05, 3.63) is 95.4 Å². The molecular weight excluding hydrogens is 518 g/mol.